The predicted octanol–water partition coefficient (Wildman–Crippen LogP) is 3.27. The molecule has 0 aliphatic heterocycles. The molecule has 2 aromatic heterocycles. The molecule has 3 aromatic rings. The quantitative estimate of drug-likeness (QED) is 0.685. The van der Waals surface area contributed by atoms with Crippen LogP contribution in [0.5, 0.6) is 0 Å². The zero-order valence-electron chi connectivity index (χ0n) is 12.8. The van der Waals surface area contributed by atoms with Gasteiger partial charge in [0.1, 0.15) is 5.52 Å². The van der Waals surface area contributed by atoms with E-state index in [0.717, 1.165) is 42.8 Å². The molecule has 0 bridgehead atoms. The van der Waals surface area contributed by atoms with E-state index in [1.807, 2.05) is 18.3 Å². The SMILES string of the molecule is CCCCNc1nc(N)nc2ccn(Cc3ccccc3)c12. The second-order valence-electron chi connectivity index (χ2n) is 5.37. The van der Waals surface area contributed by atoms with E-state index in [4.69, 9.17) is 5.73 Å². The Morgan fingerprint density at radius 2 is 1.95 bits per heavy atom. The summed E-state index contributed by atoms with van der Waals surface area (Å²) in [6.45, 7) is 3.85. The fourth-order valence-electron chi connectivity index (χ4n) is 2.54. The molecule has 5 heteroatoms. The zero-order valence-corrected chi connectivity index (χ0v) is 12.8. The van der Waals surface area contributed by atoms with Crippen LogP contribution >= 0.6 is 0 Å². The van der Waals surface area contributed by atoms with E-state index in [2.05, 4.69) is 51.0 Å². The van der Waals surface area contributed by atoms with E-state index >= 15 is 0 Å². The van der Waals surface area contributed by atoms with Gasteiger partial charge in [-0.3, -0.25) is 0 Å². The molecule has 5 nitrogen and oxygen atoms in total. The van der Waals surface area contributed by atoms with Gasteiger partial charge in [0.25, 0.3) is 0 Å². The van der Waals surface area contributed by atoms with Crippen molar-refractivity contribution in [3.8, 4) is 0 Å². The van der Waals surface area contributed by atoms with Crippen LogP contribution in [0.1, 0.15) is 25.3 Å². The van der Waals surface area contributed by atoms with E-state index in [1.165, 1.54) is 5.56 Å². The lowest BCUT2D eigenvalue weighted by Crippen LogP contribution is -2.09. The number of nitrogens with zero attached hydrogens (tertiary/aromatic N) is 3. The van der Waals surface area contributed by atoms with Crippen molar-refractivity contribution in [3.63, 3.8) is 0 Å². The molecule has 114 valence electrons. The van der Waals surface area contributed by atoms with E-state index < -0.39 is 0 Å². The zero-order chi connectivity index (χ0) is 15.4. The van der Waals surface area contributed by atoms with Crippen LogP contribution < -0.4 is 11.1 Å². The highest BCUT2D eigenvalue weighted by molar-refractivity contribution is 5.87. The van der Waals surface area contributed by atoms with Crippen LogP contribution in [0.25, 0.3) is 11.0 Å². The molecule has 0 aliphatic carbocycles. The van der Waals surface area contributed by atoms with Crippen LogP contribution in [0, 0.1) is 0 Å². The van der Waals surface area contributed by atoms with Gasteiger partial charge in [-0.15, -0.1) is 0 Å². The predicted molar refractivity (Wildman–Crippen MR) is 90.9 cm³/mol. The van der Waals surface area contributed by atoms with E-state index in [0.29, 0.717) is 5.95 Å². The highest BCUT2D eigenvalue weighted by atomic mass is 15.1. The maximum absolute atomic E-state index is 5.82. The molecule has 0 amide bonds. The number of hydrogen-bond acceptors (Lipinski definition) is 4. The smallest absolute Gasteiger partial charge is 0.222 e. The van der Waals surface area contributed by atoms with Gasteiger partial charge >= 0.3 is 0 Å². The molecule has 0 atom stereocenters. The van der Waals surface area contributed by atoms with E-state index in [1.54, 1.807) is 0 Å². The van der Waals surface area contributed by atoms with Gasteiger partial charge in [0, 0.05) is 19.3 Å². The van der Waals surface area contributed by atoms with Crippen LogP contribution in [-0.4, -0.2) is 21.1 Å². The second-order valence-corrected chi connectivity index (χ2v) is 5.37. The number of fused-ring (bicyclic) bond motifs is 1. The molecule has 3 rings (SSSR count). The van der Waals surface area contributed by atoms with Gasteiger partial charge in [-0.1, -0.05) is 43.7 Å². The average molecular weight is 295 g/mol. The second kappa shape index (κ2) is 6.47. The van der Waals surface area contributed by atoms with E-state index in [-0.39, 0.29) is 0 Å². The molecule has 0 radical (unpaired) electrons. The van der Waals surface area contributed by atoms with Gasteiger partial charge in [-0.2, -0.15) is 4.98 Å². The van der Waals surface area contributed by atoms with Crippen molar-refractivity contribution < 1.29 is 0 Å². The first-order chi connectivity index (χ1) is 10.8. The number of anilines is 2. The summed E-state index contributed by atoms with van der Waals surface area (Å²) in [7, 11) is 0. The number of aromatic nitrogens is 3. The first-order valence-corrected chi connectivity index (χ1v) is 7.68. The number of unbranched alkanes of at least 4 members (excludes halogenated alkanes) is 1. The Hall–Kier alpha value is -2.56. The summed E-state index contributed by atoms with van der Waals surface area (Å²) < 4.78 is 2.17. The molecule has 22 heavy (non-hydrogen) atoms. The van der Waals surface area contributed by atoms with Gasteiger partial charge < -0.3 is 15.6 Å². The van der Waals surface area contributed by atoms with Crippen molar-refractivity contribution in [2.75, 3.05) is 17.6 Å². The minimum atomic E-state index is 0.309. The highest BCUT2D eigenvalue weighted by Crippen LogP contribution is 2.23. The first kappa shape index (κ1) is 14.4. The molecular weight excluding hydrogens is 274 g/mol. The molecule has 1 aromatic carbocycles. The van der Waals surface area contributed by atoms with Crippen molar-refractivity contribution >= 4 is 22.8 Å². The summed E-state index contributed by atoms with van der Waals surface area (Å²) in [4.78, 5) is 8.72. The standard InChI is InChI=1S/C17H21N5/c1-2-3-10-19-16-15-14(20-17(18)21-16)9-11-22(15)12-13-7-5-4-6-8-13/h4-9,11H,2-3,10,12H2,1H3,(H3,18,19,20,21). The summed E-state index contributed by atoms with van der Waals surface area (Å²) in [5.41, 5.74) is 8.95. The molecule has 3 N–H and O–H groups in total. The summed E-state index contributed by atoms with van der Waals surface area (Å²) in [6.07, 6.45) is 4.28. The van der Waals surface area contributed by atoms with Crippen LogP contribution in [-0.2, 0) is 6.54 Å². The van der Waals surface area contributed by atoms with Crippen LogP contribution in [0.15, 0.2) is 42.6 Å². The molecule has 0 aliphatic rings. The lowest BCUT2D eigenvalue weighted by atomic mass is 10.2. The van der Waals surface area contributed by atoms with Crippen molar-refractivity contribution in [2.24, 2.45) is 0 Å². The topological polar surface area (TPSA) is 68.8 Å². The normalized spacial score (nSPS) is 11.0. The number of nitrogens with one attached hydrogen (secondary N) is 1. The maximum atomic E-state index is 5.82. The molecular formula is C17H21N5. The largest absolute Gasteiger partial charge is 0.368 e. The van der Waals surface area contributed by atoms with Crippen molar-refractivity contribution in [1.29, 1.82) is 0 Å². The fraction of sp³-hybridized carbons (Fsp3) is 0.294. The molecule has 0 saturated heterocycles. The fourth-order valence-corrected chi connectivity index (χ4v) is 2.54. The Morgan fingerprint density at radius 3 is 2.73 bits per heavy atom. The molecule has 0 fully saturated rings. The number of nitrogen functional groups attached to an aromatic ring is 1. The number of benzene rings is 1. The Labute approximate surface area is 130 Å². The summed E-state index contributed by atoms with van der Waals surface area (Å²) in [5, 5.41) is 3.39. The Bertz CT molecular complexity index is 748. The van der Waals surface area contributed by atoms with Crippen molar-refractivity contribution in [3.05, 3.63) is 48.2 Å². The first-order valence-electron chi connectivity index (χ1n) is 7.68. The van der Waals surface area contributed by atoms with E-state index in [9.17, 15) is 0 Å². The monoisotopic (exact) mass is 295 g/mol. The molecule has 0 unspecified atom stereocenters. The van der Waals surface area contributed by atoms with Gasteiger partial charge in [0.2, 0.25) is 5.95 Å². The third-order valence-electron chi connectivity index (χ3n) is 3.65. The third kappa shape index (κ3) is 3.03. The lowest BCUT2D eigenvalue weighted by Gasteiger charge is -2.11. The van der Waals surface area contributed by atoms with Gasteiger partial charge in [-0.05, 0) is 18.1 Å². The van der Waals surface area contributed by atoms with Gasteiger partial charge in [0.05, 0.1) is 5.52 Å². The summed E-state index contributed by atoms with van der Waals surface area (Å²) in [6, 6.07) is 12.4. The minimum absolute atomic E-state index is 0.309. The third-order valence-corrected chi connectivity index (χ3v) is 3.65. The van der Waals surface area contributed by atoms with Crippen LogP contribution in [0.2, 0.25) is 0 Å². The van der Waals surface area contributed by atoms with Crippen molar-refractivity contribution in [1.82, 2.24) is 14.5 Å². The Kier molecular flexibility index (Phi) is 4.23. The van der Waals surface area contributed by atoms with Crippen LogP contribution in [0.4, 0.5) is 11.8 Å². The summed E-state index contributed by atoms with van der Waals surface area (Å²) in [5.74, 6) is 1.13. The Morgan fingerprint density at radius 1 is 1.14 bits per heavy atom. The Balaban J connectivity index is 1.96. The maximum Gasteiger partial charge on any atom is 0.222 e. The number of hydrogen-bond donors (Lipinski definition) is 2. The molecule has 2 heterocycles. The highest BCUT2D eigenvalue weighted by Gasteiger charge is 2.11. The lowest BCUT2D eigenvalue weighted by molar-refractivity contribution is 0.820. The van der Waals surface area contributed by atoms with Gasteiger partial charge in [-0.25, -0.2) is 4.98 Å². The van der Waals surface area contributed by atoms with Crippen molar-refractivity contribution in [2.45, 2.75) is 26.3 Å². The van der Waals surface area contributed by atoms with Crippen LogP contribution in [0.3, 0.4) is 0 Å². The minimum Gasteiger partial charge on any atom is -0.368 e. The summed E-state index contributed by atoms with van der Waals surface area (Å²) >= 11 is 0. The molecule has 0 spiro atoms. The van der Waals surface area contributed by atoms with Gasteiger partial charge in [0.15, 0.2) is 5.82 Å². The average Bonchev–Trinajstić information content (AvgIpc) is 2.91. The number of nitrogens with two attached hydrogens (primary N) is 1. The number of rotatable bonds is 6. The molecule has 0 saturated carbocycles.